The molecule has 1 aliphatic rings. The second-order valence-corrected chi connectivity index (χ2v) is 5.81. The van der Waals surface area contributed by atoms with Gasteiger partial charge >= 0.3 is 0 Å². The number of nitrogens with zero attached hydrogens (tertiary/aromatic N) is 1. The first-order valence-corrected chi connectivity index (χ1v) is 7.63. The lowest BCUT2D eigenvalue weighted by molar-refractivity contribution is 0.254. The molecule has 1 N–H and O–H groups in total. The molecule has 0 spiro atoms. The summed E-state index contributed by atoms with van der Waals surface area (Å²) in [6.45, 7) is 2.55. The largest absolute Gasteiger partial charge is 0.492 e. The Kier molecular flexibility index (Phi) is 4.09. The smallest absolute Gasteiger partial charge is 0.136 e. The van der Waals surface area contributed by atoms with E-state index in [2.05, 4.69) is 17.3 Å². The fourth-order valence-electron chi connectivity index (χ4n) is 3.12. The van der Waals surface area contributed by atoms with Crippen LogP contribution in [-0.4, -0.2) is 17.5 Å². The van der Waals surface area contributed by atoms with Gasteiger partial charge in [0.1, 0.15) is 5.75 Å². The summed E-state index contributed by atoms with van der Waals surface area (Å²) < 4.78 is 6.17. The van der Waals surface area contributed by atoms with Crippen LogP contribution in [0.4, 0.5) is 0 Å². The minimum absolute atomic E-state index is 0.585. The third kappa shape index (κ3) is 2.87. The van der Waals surface area contributed by atoms with Crippen molar-refractivity contribution in [3.63, 3.8) is 0 Å². The molecule has 0 saturated heterocycles. The van der Waals surface area contributed by atoms with E-state index in [0.717, 1.165) is 28.7 Å². The Morgan fingerprint density at radius 3 is 2.71 bits per heavy atom. The molecule has 2 aromatic rings. The Hall–Kier alpha value is -2.03. The van der Waals surface area contributed by atoms with Crippen LogP contribution in [0.25, 0.3) is 10.8 Å². The molecule has 3 nitrogen and oxygen atoms in total. The Balaban J connectivity index is 1.98. The first kappa shape index (κ1) is 13.9. The van der Waals surface area contributed by atoms with Gasteiger partial charge in [-0.3, -0.25) is 0 Å². The second-order valence-electron chi connectivity index (χ2n) is 5.81. The number of benzene rings is 2. The molecule has 2 aromatic carbocycles. The predicted molar refractivity (Wildman–Crippen MR) is 85.4 cm³/mol. The number of fused-ring (bicyclic) bond motifs is 1. The van der Waals surface area contributed by atoms with Gasteiger partial charge in [0.05, 0.1) is 12.3 Å². The summed E-state index contributed by atoms with van der Waals surface area (Å²) >= 11 is 0. The summed E-state index contributed by atoms with van der Waals surface area (Å²) in [7, 11) is 0. The zero-order valence-corrected chi connectivity index (χ0v) is 12.4. The van der Waals surface area contributed by atoms with Gasteiger partial charge in [-0.1, -0.05) is 48.3 Å². The molecule has 1 fully saturated rings. The lowest BCUT2D eigenvalue weighted by Crippen LogP contribution is -2.11. The highest BCUT2D eigenvalue weighted by Crippen LogP contribution is 2.32. The average Bonchev–Trinajstić information content (AvgIpc) is 3.05. The van der Waals surface area contributed by atoms with Gasteiger partial charge in [-0.15, -0.1) is 0 Å². The van der Waals surface area contributed by atoms with Gasteiger partial charge in [0.25, 0.3) is 0 Å². The first-order chi connectivity index (χ1) is 10.3. The van der Waals surface area contributed by atoms with E-state index in [0.29, 0.717) is 11.6 Å². The summed E-state index contributed by atoms with van der Waals surface area (Å²) in [6.07, 6.45) is 5.14. The molecular formula is C18H21NO2. The summed E-state index contributed by atoms with van der Waals surface area (Å²) in [5, 5.41) is 14.7. The molecule has 0 aromatic heterocycles. The highest BCUT2D eigenvalue weighted by molar-refractivity contribution is 6.06. The minimum atomic E-state index is 0.585. The quantitative estimate of drug-likeness (QED) is 0.506. The van der Waals surface area contributed by atoms with Crippen LogP contribution in [0.3, 0.4) is 0 Å². The summed E-state index contributed by atoms with van der Waals surface area (Å²) in [5.74, 6) is 1.50. The van der Waals surface area contributed by atoms with Crippen molar-refractivity contribution in [1.29, 1.82) is 0 Å². The normalized spacial score (nSPS) is 16.5. The van der Waals surface area contributed by atoms with Gasteiger partial charge < -0.3 is 9.94 Å². The molecular weight excluding hydrogens is 262 g/mol. The molecule has 1 aliphatic carbocycles. The Bertz CT molecular complexity index is 657. The molecule has 3 rings (SSSR count). The van der Waals surface area contributed by atoms with Crippen LogP contribution in [-0.2, 0) is 0 Å². The van der Waals surface area contributed by atoms with E-state index in [1.807, 2.05) is 24.3 Å². The first-order valence-electron chi connectivity index (χ1n) is 7.63. The molecule has 0 radical (unpaired) electrons. The van der Waals surface area contributed by atoms with Crippen molar-refractivity contribution in [2.24, 2.45) is 11.1 Å². The molecule has 1 saturated carbocycles. The highest BCUT2D eigenvalue weighted by Gasteiger charge is 2.18. The molecule has 0 atom stereocenters. The highest BCUT2D eigenvalue weighted by atomic mass is 16.5. The Labute approximate surface area is 125 Å². The zero-order chi connectivity index (χ0) is 14.7. The van der Waals surface area contributed by atoms with Gasteiger partial charge in [-0.25, -0.2) is 0 Å². The molecule has 0 bridgehead atoms. The number of oxime groups is 1. The standard InChI is InChI=1S/C18H21NO2/c1-13(19-20)16-11-10-15-8-4-5-9-17(15)18(16)21-12-14-6-2-3-7-14/h4-5,8-11,14,20H,2-3,6-7,12H2,1H3. The van der Waals surface area contributed by atoms with Crippen molar-refractivity contribution in [2.75, 3.05) is 6.61 Å². The zero-order valence-electron chi connectivity index (χ0n) is 12.4. The van der Waals surface area contributed by atoms with E-state index in [-0.39, 0.29) is 0 Å². The van der Waals surface area contributed by atoms with E-state index in [1.54, 1.807) is 6.92 Å². The Morgan fingerprint density at radius 1 is 1.19 bits per heavy atom. The number of hydrogen-bond acceptors (Lipinski definition) is 3. The third-order valence-electron chi connectivity index (χ3n) is 4.36. The number of hydrogen-bond donors (Lipinski definition) is 1. The van der Waals surface area contributed by atoms with E-state index in [1.165, 1.54) is 25.7 Å². The monoisotopic (exact) mass is 283 g/mol. The van der Waals surface area contributed by atoms with Gasteiger partial charge in [0.2, 0.25) is 0 Å². The maximum Gasteiger partial charge on any atom is 0.136 e. The second kappa shape index (κ2) is 6.17. The summed E-state index contributed by atoms with van der Waals surface area (Å²) in [4.78, 5) is 0. The fourth-order valence-corrected chi connectivity index (χ4v) is 3.12. The van der Waals surface area contributed by atoms with Crippen LogP contribution in [0.1, 0.15) is 38.2 Å². The van der Waals surface area contributed by atoms with Crippen molar-refractivity contribution in [2.45, 2.75) is 32.6 Å². The third-order valence-corrected chi connectivity index (χ3v) is 4.36. The van der Waals surface area contributed by atoms with E-state index < -0.39 is 0 Å². The van der Waals surface area contributed by atoms with Crippen LogP contribution in [0.5, 0.6) is 5.75 Å². The molecule has 110 valence electrons. The van der Waals surface area contributed by atoms with Gasteiger partial charge in [0.15, 0.2) is 0 Å². The van der Waals surface area contributed by atoms with E-state index in [9.17, 15) is 0 Å². The molecule has 3 heteroatoms. The average molecular weight is 283 g/mol. The van der Waals surface area contributed by atoms with Crippen molar-refractivity contribution in [1.82, 2.24) is 0 Å². The van der Waals surface area contributed by atoms with E-state index >= 15 is 0 Å². The summed E-state index contributed by atoms with van der Waals surface area (Å²) in [5.41, 5.74) is 1.45. The van der Waals surface area contributed by atoms with Crippen molar-refractivity contribution >= 4 is 16.5 Å². The van der Waals surface area contributed by atoms with Crippen molar-refractivity contribution in [3.8, 4) is 5.75 Å². The van der Waals surface area contributed by atoms with Crippen LogP contribution in [0.2, 0.25) is 0 Å². The lowest BCUT2D eigenvalue weighted by atomic mass is 10.0. The molecule has 21 heavy (non-hydrogen) atoms. The van der Waals surface area contributed by atoms with Crippen LogP contribution in [0, 0.1) is 5.92 Å². The van der Waals surface area contributed by atoms with Crippen molar-refractivity contribution < 1.29 is 9.94 Å². The van der Waals surface area contributed by atoms with Gasteiger partial charge in [-0.05, 0) is 37.1 Å². The maximum atomic E-state index is 9.10. The number of rotatable bonds is 4. The molecule has 0 amide bonds. The van der Waals surface area contributed by atoms with E-state index in [4.69, 9.17) is 9.94 Å². The lowest BCUT2D eigenvalue weighted by Gasteiger charge is -2.16. The van der Waals surface area contributed by atoms with Gasteiger partial charge in [0, 0.05) is 10.9 Å². The minimum Gasteiger partial charge on any atom is -0.492 e. The molecule has 0 unspecified atom stereocenters. The van der Waals surface area contributed by atoms with Crippen LogP contribution in [0.15, 0.2) is 41.6 Å². The van der Waals surface area contributed by atoms with Crippen LogP contribution >= 0.6 is 0 Å². The maximum absolute atomic E-state index is 9.10. The van der Waals surface area contributed by atoms with Crippen LogP contribution < -0.4 is 4.74 Å². The molecule has 0 aliphatic heterocycles. The fraction of sp³-hybridized carbons (Fsp3) is 0.389. The van der Waals surface area contributed by atoms with Gasteiger partial charge in [-0.2, -0.15) is 0 Å². The predicted octanol–water partition coefficient (Wildman–Crippen LogP) is 4.61. The van der Waals surface area contributed by atoms with Crippen molar-refractivity contribution in [3.05, 3.63) is 42.0 Å². The molecule has 0 heterocycles. The Morgan fingerprint density at radius 2 is 1.95 bits per heavy atom. The SMILES string of the molecule is CC(=NO)c1ccc2ccccc2c1OCC1CCCC1. The topological polar surface area (TPSA) is 41.8 Å². The summed E-state index contributed by atoms with van der Waals surface area (Å²) in [6, 6.07) is 12.2. The number of ether oxygens (including phenoxy) is 1.